The zero-order valence-electron chi connectivity index (χ0n) is 29.8. The van der Waals surface area contributed by atoms with Gasteiger partial charge >= 0.3 is 12.1 Å². The Morgan fingerprint density at radius 1 is 0.812 bits per heavy atom. The highest BCUT2D eigenvalue weighted by atomic mass is 16.6. The lowest BCUT2D eigenvalue weighted by Crippen LogP contribution is -2.55. The minimum Gasteiger partial charge on any atom is -0.458 e. The maximum atomic E-state index is 14.5. The molecule has 0 saturated heterocycles. The van der Waals surface area contributed by atoms with E-state index in [4.69, 9.17) is 15.2 Å². The third kappa shape index (κ3) is 14.1. The minimum atomic E-state index is -1.22. The van der Waals surface area contributed by atoms with Gasteiger partial charge in [-0.15, -0.1) is 0 Å². The van der Waals surface area contributed by atoms with Crippen molar-refractivity contribution in [1.29, 1.82) is 0 Å². The number of hydrogen-bond acceptors (Lipinski definition) is 7. The van der Waals surface area contributed by atoms with Crippen LogP contribution in [0.5, 0.6) is 0 Å². The number of aryl methyl sites for hydroxylation is 1. The molecule has 0 aliphatic rings. The zero-order chi connectivity index (χ0) is 36.1. The van der Waals surface area contributed by atoms with Crippen molar-refractivity contribution in [3.05, 3.63) is 71.3 Å². The predicted octanol–water partition coefficient (Wildman–Crippen LogP) is 5.28. The summed E-state index contributed by atoms with van der Waals surface area (Å²) in [5.74, 6) is -2.44. The molecule has 0 bridgehead atoms. The molecule has 0 aromatic heterocycles. The van der Waals surface area contributed by atoms with Gasteiger partial charge in [0.05, 0.1) is 0 Å². The Labute approximate surface area is 285 Å². The van der Waals surface area contributed by atoms with Crippen LogP contribution in [0, 0.1) is 6.92 Å². The second-order valence-electron chi connectivity index (χ2n) is 14.0. The molecular weight excluding hydrogens is 612 g/mol. The number of amides is 4. The molecule has 0 spiro atoms. The van der Waals surface area contributed by atoms with Crippen LogP contribution in [0.2, 0.25) is 0 Å². The van der Waals surface area contributed by atoms with Crippen molar-refractivity contribution >= 4 is 29.8 Å². The summed E-state index contributed by atoms with van der Waals surface area (Å²) in [5.41, 5.74) is 6.05. The predicted molar refractivity (Wildman–Crippen MR) is 185 cm³/mol. The highest BCUT2D eigenvalue weighted by Gasteiger charge is 2.38. The SMILES string of the molecule is CCCCCN(C(=O)C(CCC(N)=O)NC(=O)OC(C)(C)C)C(C(=O)NC(Cc1ccccc1)C(=O)OC(C)(C)C)c1ccc(C)cc1. The van der Waals surface area contributed by atoms with E-state index in [2.05, 4.69) is 10.6 Å². The smallest absolute Gasteiger partial charge is 0.408 e. The van der Waals surface area contributed by atoms with Gasteiger partial charge in [-0.3, -0.25) is 14.4 Å². The van der Waals surface area contributed by atoms with Crippen LogP contribution in [0.4, 0.5) is 4.79 Å². The fraction of sp³-hybridized carbons (Fsp3) is 0.541. The number of ether oxygens (including phenoxy) is 2. The Morgan fingerprint density at radius 2 is 1.42 bits per heavy atom. The van der Waals surface area contributed by atoms with E-state index in [0.29, 0.717) is 12.0 Å². The van der Waals surface area contributed by atoms with E-state index in [9.17, 15) is 24.0 Å². The van der Waals surface area contributed by atoms with Gasteiger partial charge in [0.2, 0.25) is 17.7 Å². The summed E-state index contributed by atoms with van der Waals surface area (Å²) in [5, 5.41) is 5.50. The van der Waals surface area contributed by atoms with Crippen molar-refractivity contribution in [1.82, 2.24) is 15.5 Å². The topological polar surface area (TPSA) is 157 Å². The lowest BCUT2D eigenvalue weighted by molar-refractivity contribution is -0.159. The molecule has 0 aliphatic heterocycles. The third-order valence-electron chi connectivity index (χ3n) is 7.20. The fourth-order valence-corrected chi connectivity index (χ4v) is 4.98. The minimum absolute atomic E-state index is 0.103. The van der Waals surface area contributed by atoms with Gasteiger partial charge in [0.25, 0.3) is 0 Å². The molecule has 0 aliphatic carbocycles. The van der Waals surface area contributed by atoms with Gasteiger partial charge in [0.1, 0.15) is 29.3 Å². The summed E-state index contributed by atoms with van der Waals surface area (Å²) in [7, 11) is 0. The van der Waals surface area contributed by atoms with Crippen molar-refractivity contribution in [2.45, 2.75) is 123 Å². The average molecular weight is 667 g/mol. The van der Waals surface area contributed by atoms with Crippen LogP contribution in [0.15, 0.2) is 54.6 Å². The normalized spacial score (nSPS) is 13.4. The molecule has 4 N–H and O–H groups in total. The highest BCUT2D eigenvalue weighted by Crippen LogP contribution is 2.26. The van der Waals surface area contributed by atoms with Gasteiger partial charge in [-0.2, -0.15) is 0 Å². The average Bonchev–Trinajstić information content (AvgIpc) is 2.97. The maximum absolute atomic E-state index is 14.5. The molecule has 11 nitrogen and oxygen atoms in total. The molecule has 0 heterocycles. The molecule has 48 heavy (non-hydrogen) atoms. The standard InChI is InChI=1S/C37H54N4O7/c1-9-10-14-23-41(33(44)28(21-22-30(38)42)40-35(46)48-37(6,7)8)31(27-19-17-25(2)18-20-27)32(43)39-29(34(45)47-36(3,4)5)24-26-15-12-11-13-16-26/h11-13,15-20,28-29,31H,9-10,14,21-24H2,1-8H3,(H2,38,42)(H,39,43)(H,40,46). The van der Waals surface area contributed by atoms with Gasteiger partial charge in [-0.1, -0.05) is 79.9 Å². The Balaban J connectivity index is 2.63. The largest absolute Gasteiger partial charge is 0.458 e. The van der Waals surface area contributed by atoms with Crippen molar-refractivity contribution in [2.75, 3.05) is 6.54 Å². The summed E-state index contributed by atoms with van der Waals surface area (Å²) in [6, 6.07) is 13.0. The number of unbranched alkanes of at least 4 members (excludes halogenated alkanes) is 2. The maximum Gasteiger partial charge on any atom is 0.408 e. The second kappa shape index (κ2) is 18.2. The van der Waals surface area contributed by atoms with Gasteiger partial charge < -0.3 is 30.7 Å². The van der Waals surface area contributed by atoms with E-state index in [0.717, 1.165) is 24.0 Å². The van der Waals surface area contributed by atoms with Gasteiger partial charge in [-0.05, 0) is 72.4 Å². The van der Waals surface area contributed by atoms with E-state index in [-0.39, 0.29) is 25.8 Å². The number of hydrogen-bond donors (Lipinski definition) is 3. The number of nitrogens with one attached hydrogen (secondary N) is 2. The number of carbonyl (C=O) groups is 5. The monoisotopic (exact) mass is 666 g/mol. The van der Waals surface area contributed by atoms with Gasteiger partial charge in [0, 0.05) is 19.4 Å². The number of rotatable bonds is 16. The second-order valence-corrected chi connectivity index (χ2v) is 14.0. The summed E-state index contributed by atoms with van der Waals surface area (Å²) in [6.07, 6.45) is 1.21. The number of nitrogens with zero attached hydrogens (tertiary/aromatic N) is 1. The first-order chi connectivity index (χ1) is 22.4. The van der Waals surface area contributed by atoms with Crippen LogP contribution >= 0.6 is 0 Å². The van der Waals surface area contributed by atoms with Crippen molar-refractivity contribution in [3.63, 3.8) is 0 Å². The van der Waals surface area contributed by atoms with E-state index in [1.165, 1.54) is 4.90 Å². The quantitative estimate of drug-likeness (QED) is 0.162. The van der Waals surface area contributed by atoms with Crippen LogP contribution in [0.1, 0.15) is 103 Å². The number of carbonyl (C=O) groups excluding carboxylic acids is 5. The summed E-state index contributed by atoms with van der Waals surface area (Å²) in [4.78, 5) is 68.5. The van der Waals surface area contributed by atoms with Crippen molar-refractivity contribution < 1.29 is 33.4 Å². The Bertz CT molecular complexity index is 1360. The molecule has 2 rings (SSSR count). The van der Waals surface area contributed by atoms with Crippen molar-refractivity contribution in [2.24, 2.45) is 5.73 Å². The first-order valence-corrected chi connectivity index (χ1v) is 16.6. The molecule has 0 saturated carbocycles. The van der Waals surface area contributed by atoms with Gasteiger partial charge in [-0.25, -0.2) is 9.59 Å². The lowest BCUT2D eigenvalue weighted by atomic mass is 9.98. The zero-order valence-corrected chi connectivity index (χ0v) is 29.8. The Kier molecular flexibility index (Phi) is 15.1. The first-order valence-electron chi connectivity index (χ1n) is 16.6. The molecule has 11 heteroatoms. The molecule has 2 aromatic carbocycles. The molecule has 2 aromatic rings. The molecule has 0 radical (unpaired) electrons. The van der Waals surface area contributed by atoms with Crippen LogP contribution < -0.4 is 16.4 Å². The summed E-state index contributed by atoms with van der Waals surface area (Å²) < 4.78 is 11.1. The van der Waals surface area contributed by atoms with E-state index < -0.39 is 59.1 Å². The van der Waals surface area contributed by atoms with Crippen molar-refractivity contribution in [3.8, 4) is 0 Å². The lowest BCUT2D eigenvalue weighted by Gasteiger charge is -2.35. The molecule has 264 valence electrons. The molecule has 0 fully saturated rings. The Hall–Kier alpha value is -4.41. The molecule has 3 atom stereocenters. The van der Waals surface area contributed by atoms with Gasteiger partial charge in [0.15, 0.2) is 0 Å². The number of benzene rings is 2. The van der Waals surface area contributed by atoms with Crippen LogP contribution in [0.25, 0.3) is 0 Å². The van der Waals surface area contributed by atoms with E-state index in [1.54, 1.807) is 53.7 Å². The number of esters is 1. The van der Waals surface area contributed by atoms with Crippen LogP contribution in [-0.2, 0) is 35.1 Å². The van der Waals surface area contributed by atoms with Crippen LogP contribution in [-0.4, -0.2) is 64.5 Å². The first kappa shape index (κ1) is 39.8. The number of nitrogens with two attached hydrogens (primary N) is 1. The summed E-state index contributed by atoms with van der Waals surface area (Å²) in [6.45, 7) is 14.4. The number of alkyl carbamates (subject to hydrolysis) is 1. The summed E-state index contributed by atoms with van der Waals surface area (Å²) >= 11 is 0. The van der Waals surface area contributed by atoms with E-state index in [1.807, 2.05) is 56.3 Å². The number of primary amides is 1. The van der Waals surface area contributed by atoms with E-state index >= 15 is 0 Å². The fourth-order valence-electron chi connectivity index (χ4n) is 4.98. The third-order valence-corrected chi connectivity index (χ3v) is 7.20. The Morgan fingerprint density at radius 3 is 1.96 bits per heavy atom. The van der Waals surface area contributed by atoms with Crippen LogP contribution in [0.3, 0.4) is 0 Å². The molecule has 3 unspecified atom stereocenters. The molecule has 4 amide bonds. The highest BCUT2D eigenvalue weighted by molar-refractivity contribution is 5.94. The molecular formula is C37H54N4O7.